The van der Waals surface area contributed by atoms with Gasteiger partial charge in [0.05, 0.1) is 31.0 Å². The maximum Gasteiger partial charge on any atom is 0.228 e. The van der Waals surface area contributed by atoms with Gasteiger partial charge in [-0.15, -0.1) is 0 Å². The van der Waals surface area contributed by atoms with Gasteiger partial charge in [-0.1, -0.05) is 12.1 Å². The summed E-state index contributed by atoms with van der Waals surface area (Å²) in [6, 6.07) is 10.8. The second-order valence-corrected chi connectivity index (χ2v) is 6.22. The highest BCUT2D eigenvalue weighted by Crippen LogP contribution is 2.34. The fourth-order valence-electron chi connectivity index (χ4n) is 3.16. The van der Waals surface area contributed by atoms with Crippen molar-refractivity contribution in [3.05, 3.63) is 48.4 Å². The van der Waals surface area contributed by atoms with Gasteiger partial charge in [0, 0.05) is 20.0 Å². The SMILES string of the molecule is COc1ccccc1N1CC(C(=O)N(C)C(C)c2ccco2)CC1=O. The zero-order valence-corrected chi connectivity index (χ0v) is 14.6. The van der Waals surface area contributed by atoms with E-state index in [1.54, 1.807) is 36.3 Å². The Morgan fingerprint density at radius 1 is 1.32 bits per heavy atom. The van der Waals surface area contributed by atoms with Gasteiger partial charge >= 0.3 is 0 Å². The maximum atomic E-state index is 12.8. The van der Waals surface area contributed by atoms with Crippen LogP contribution in [0.15, 0.2) is 47.1 Å². The van der Waals surface area contributed by atoms with Crippen LogP contribution >= 0.6 is 0 Å². The number of hydrogen-bond acceptors (Lipinski definition) is 4. The summed E-state index contributed by atoms with van der Waals surface area (Å²) in [6.07, 6.45) is 1.79. The number of methoxy groups -OCH3 is 1. The molecule has 25 heavy (non-hydrogen) atoms. The summed E-state index contributed by atoms with van der Waals surface area (Å²) >= 11 is 0. The Bertz CT molecular complexity index is 757. The predicted octanol–water partition coefficient (Wildman–Crippen LogP) is 2.86. The Hall–Kier alpha value is -2.76. The largest absolute Gasteiger partial charge is 0.495 e. The summed E-state index contributed by atoms with van der Waals surface area (Å²) in [6.45, 7) is 2.26. The number of hydrogen-bond donors (Lipinski definition) is 0. The van der Waals surface area contributed by atoms with Gasteiger partial charge in [0.25, 0.3) is 0 Å². The molecule has 6 heteroatoms. The van der Waals surface area contributed by atoms with Crippen molar-refractivity contribution in [1.29, 1.82) is 0 Å². The zero-order valence-electron chi connectivity index (χ0n) is 14.6. The fourth-order valence-corrected chi connectivity index (χ4v) is 3.16. The Morgan fingerprint density at radius 2 is 2.08 bits per heavy atom. The molecule has 1 aromatic carbocycles. The van der Waals surface area contributed by atoms with Crippen LogP contribution in [0.5, 0.6) is 5.75 Å². The lowest BCUT2D eigenvalue weighted by Crippen LogP contribution is -2.36. The average molecular weight is 342 g/mol. The van der Waals surface area contributed by atoms with Crippen molar-refractivity contribution >= 4 is 17.5 Å². The van der Waals surface area contributed by atoms with Gasteiger partial charge in [0.2, 0.25) is 11.8 Å². The number of anilines is 1. The van der Waals surface area contributed by atoms with Crippen LogP contribution in [0.3, 0.4) is 0 Å². The van der Waals surface area contributed by atoms with E-state index in [4.69, 9.17) is 9.15 Å². The summed E-state index contributed by atoms with van der Waals surface area (Å²) in [5.74, 6) is 0.847. The van der Waals surface area contributed by atoms with Crippen molar-refractivity contribution in [1.82, 2.24) is 4.90 Å². The molecule has 132 valence electrons. The molecule has 0 bridgehead atoms. The van der Waals surface area contributed by atoms with Crippen LogP contribution in [0.25, 0.3) is 0 Å². The first-order chi connectivity index (χ1) is 12.0. The molecule has 1 fully saturated rings. The van der Waals surface area contributed by atoms with E-state index in [9.17, 15) is 9.59 Å². The van der Waals surface area contributed by atoms with Crippen LogP contribution in [0.4, 0.5) is 5.69 Å². The minimum atomic E-state index is -0.375. The van der Waals surface area contributed by atoms with Gasteiger partial charge < -0.3 is 19.0 Å². The number of para-hydroxylation sites is 2. The highest BCUT2D eigenvalue weighted by molar-refractivity contribution is 6.01. The molecule has 2 atom stereocenters. The zero-order chi connectivity index (χ0) is 18.0. The normalized spacial score (nSPS) is 18.3. The van der Waals surface area contributed by atoms with E-state index in [0.717, 1.165) is 5.76 Å². The standard InChI is InChI=1S/C19H22N2O4/c1-13(16-9-6-10-25-16)20(2)19(23)14-11-18(22)21(12-14)15-7-4-5-8-17(15)24-3/h4-10,13-14H,11-12H2,1-3H3. The third kappa shape index (κ3) is 3.24. The van der Waals surface area contributed by atoms with E-state index in [1.807, 2.05) is 37.3 Å². The minimum absolute atomic E-state index is 0.0605. The number of nitrogens with zero attached hydrogens (tertiary/aromatic N) is 2. The Balaban J connectivity index is 1.74. The number of furan rings is 1. The lowest BCUT2D eigenvalue weighted by Gasteiger charge is -2.26. The van der Waals surface area contributed by atoms with Gasteiger partial charge in [-0.3, -0.25) is 9.59 Å². The third-order valence-electron chi connectivity index (χ3n) is 4.73. The first-order valence-corrected chi connectivity index (χ1v) is 8.26. The number of amides is 2. The minimum Gasteiger partial charge on any atom is -0.495 e. The third-order valence-corrected chi connectivity index (χ3v) is 4.73. The highest BCUT2D eigenvalue weighted by Gasteiger charge is 2.38. The van der Waals surface area contributed by atoms with E-state index >= 15 is 0 Å². The lowest BCUT2D eigenvalue weighted by molar-refractivity contribution is -0.136. The number of benzene rings is 1. The summed E-state index contributed by atoms with van der Waals surface area (Å²) in [4.78, 5) is 28.6. The summed E-state index contributed by atoms with van der Waals surface area (Å²) in [5.41, 5.74) is 0.701. The van der Waals surface area contributed by atoms with Gasteiger partial charge in [0.1, 0.15) is 11.5 Å². The second kappa shape index (κ2) is 7.01. The van der Waals surface area contributed by atoms with Gasteiger partial charge in [0.15, 0.2) is 0 Å². The van der Waals surface area contributed by atoms with Crippen LogP contribution in [-0.4, -0.2) is 37.4 Å². The summed E-state index contributed by atoms with van der Waals surface area (Å²) in [5, 5.41) is 0. The molecular formula is C19H22N2O4. The van der Waals surface area contributed by atoms with Crippen LogP contribution in [-0.2, 0) is 9.59 Å². The molecule has 1 aliphatic heterocycles. The van der Waals surface area contributed by atoms with Crippen molar-refractivity contribution in [3.63, 3.8) is 0 Å². The summed E-state index contributed by atoms with van der Waals surface area (Å²) in [7, 11) is 3.31. The first-order valence-electron chi connectivity index (χ1n) is 8.26. The monoisotopic (exact) mass is 342 g/mol. The van der Waals surface area contributed by atoms with Gasteiger partial charge in [-0.25, -0.2) is 0 Å². The van der Waals surface area contributed by atoms with Crippen LogP contribution in [0.2, 0.25) is 0 Å². The Labute approximate surface area is 147 Å². The molecule has 1 aliphatic rings. The number of carbonyl (C=O) groups is 2. The molecule has 2 heterocycles. The Kier molecular flexibility index (Phi) is 4.79. The van der Waals surface area contributed by atoms with Crippen molar-refractivity contribution < 1.29 is 18.7 Å². The van der Waals surface area contributed by atoms with Gasteiger partial charge in [-0.05, 0) is 31.2 Å². The van der Waals surface area contributed by atoms with Crippen LogP contribution < -0.4 is 9.64 Å². The van der Waals surface area contributed by atoms with Gasteiger partial charge in [-0.2, -0.15) is 0 Å². The molecule has 3 rings (SSSR count). The van der Waals surface area contributed by atoms with Crippen LogP contribution in [0.1, 0.15) is 25.1 Å². The fraction of sp³-hybridized carbons (Fsp3) is 0.368. The molecule has 1 saturated heterocycles. The molecule has 0 radical (unpaired) electrons. The van der Waals surface area contributed by atoms with E-state index in [-0.39, 0.29) is 30.2 Å². The topological polar surface area (TPSA) is 63.0 Å². The summed E-state index contributed by atoms with van der Waals surface area (Å²) < 4.78 is 10.7. The van der Waals surface area contributed by atoms with E-state index in [1.165, 1.54) is 0 Å². The average Bonchev–Trinajstić information content (AvgIpc) is 3.29. The van der Waals surface area contributed by atoms with Crippen molar-refractivity contribution in [2.24, 2.45) is 5.92 Å². The van der Waals surface area contributed by atoms with Crippen molar-refractivity contribution in [3.8, 4) is 5.75 Å². The molecule has 0 aliphatic carbocycles. The first kappa shape index (κ1) is 17.1. The molecule has 2 aromatic rings. The molecule has 0 N–H and O–H groups in total. The highest BCUT2D eigenvalue weighted by atomic mass is 16.5. The molecule has 6 nitrogen and oxygen atoms in total. The quantitative estimate of drug-likeness (QED) is 0.838. The molecular weight excluding hydrogens is 320 g/mol. The molecule has 0 saturated carbocycles. The number of rotatable bonds is 5. The molecule has 1 aromatic heterocycles. The Morgan fingerprint density at radius 3 is 2.76 bits per heavy atom. The molecule has 2 unspecified atom stereocenters. The smallest absolute Gasteiger partial charge is 0.228 e. The van der Waals surface area contributed by atoms with Crippen molar-refractivity contribution in [2.45, 2.75) is 19.4 Å². The number of ether oxygens (including phenoxy) is 1. The van der Waals surface area contributed by atoms with E-state index < -0.39 is 0 Å². The molecule has 2 amide bonds. The van der Waals surface area contributed by atoms with Crippen LogP contribution in [0, 0.1) is 5.92 Å². The molecule has 0 spiro atoms. The maximum absolute atomic E-state index is 12.8. The lowest BCUT2D eigenvalue weighted by atomic mass is 10.1. The predicted molar refractivity (Wildman–Crippen MR) is 93.3 cm³/mol. The van der Waals surface area contributed by atoms with Crippen molar-refractivity contribution in [2.75, 3.05) is 25.6 Å². The number of carbonyl (C=O) groups excluding carboxylic acids is 2. The second-order valence-electron chi connectivity index (χ2n) is 6.22. The van der Waals surface area contributed by atoms with E-state index in [2.05, 4.69) is 0 Å². The van der Waals surface area contributed by atoms with E-state index in [0.29, 0.717) is 18.0 Å².